The Kier molecular flexibility index (Phi) is 7.04. The van der Waals surface area contributed by atoms with Crippen LogP contribution in [0.5, 0.6) is 11.5 Å². The van der Waals surface area contributed by atoms with E-state index in [1.54, 1.807) is 7.11 Å². The van der Waals surface area contributed by atoms with Crippen LogP contribution in [0.2, 0.25) is 0 Å². The van der Waals surface area contributed by atoms with Gasteiger partial charge < -0.3 is 9.84 Å². The number of phenols is 1. The van der Waals surface area contributed by atoms with E-state index in [2.05, 4.69) is 11.8 Å². The number of fused-ring (bicyclic) bond motifs is 1. The number of rotatable bonds is 9. The molecule has 0 spiro atoms. The molecule has 0 aromatic heterocycles. The minimum absolute atomic E-state index is 0.263. The third kappa shape index (κ3) is 4.91. The summed E-state index contributed by atoms with van der Waals surface area (Å²) in [7, 11) is 1.61. The molecule has 124 valence electrons. The van der Waals surface area contributed by atoms with Gasteiger partial charge in [-0.1, -0.05) is 45.4 Å². The molecule has 3 heteroatoms. The van der Waals surface area contributed by atoms with Crippen LogP contribution in [0.1, 0.15) is 63.0 Å². The third-order valence-electron chi connectivity index (χ3n) is 4.67. The van der Waals surface area contributed by atoms with E-state index in [1.165, 1.54) is 62.6 Å². The van der Waals surface area contributed by atoms with Gasteiger partial charge in [-0.05, 0) is 42.6 Å². The van der Waals surface area contributed by atoms with Gasteiger partial charge in [0.1, 0.15) is 0 Å². The Bertz CT molecular complexity index is 459. The molecular weight excluding hydrogens is 274 g/mol. The Labute approximate surface area is 135 Å². The van der Waals surface area contributed by atoms with Crippen molar-refractivity contribution in [1.29, 1.82) is 0 Å². The van der Waals surface area contributed by atoms with E-state index in [0.29, 0.717) is 5.75 Å². The molecule has 2 rings (SSSR count). The number of methoxy groups -OCH3 is 1. The Balaban J connectivity index is 1.72. The molecule has 0 fully saturated rings. The van der Waals surface area contributed by atoms with Crippen LogP contribution in [0.4, 0.5) is 0 Å². The molecule has 0 saturated carbocycles. The standard InChI is InChI=1S/C19H31NO2/c1-3-4-5-6-7-8-9-11-20-12-10-16-14-19(22-2)18(21)13-17(16)15-20/h13-14,21H,3-12,15H2,1-2H3. The number of hydrogen-bond donors (Lipinski definition) is 1. The monoisotopic (exact) mass is 305 g/mol. The van der Waals surface area contributed by atoms with E-state index < -0.39 is 0 Å². The van der Waals surface area contributed by atoms with Crippen molar-refractivity contribution in [1.82, 2.24) is 4.90 Å². The van der Waals surface area contributed by atoms with Gasteiger partial charge in [-0.3, -0.25) is 4.90 Å². The van der Waals surface area contributed by atoms with Gasteiger partial charge in [0.25, 0.3) is 0 Å². The van der Waals surface area contributed by atoms with Gasteiger partial charge in [0, 0.05) is 13.1 Å². The summed E-state index contributed by atoms with van der Waals surface area (Å²) < 4.78 is 5.19. The summed E-state index contributed by atoms with van der Waals surface area (Å²) >= 11 is 0. The molecule has 22 heavy (non-hydrogen) atoms. The lowest BCUT2D eigenvalue weighted by Crippen LogP contribution is -2.31. The first-order valence-electron chi connectivity index (χ1n) is 8.85. The van der Waals surface area contributed by atoms with Crippen LogP contribution in [0.25, 0.3) is 0 Å². The average molecular weight is 305 g/mol. The van der Waals surface area contributed by atoms with E-state index in [1.807, 2.05) is 12.1 Å². The maximum absolute atomic E-state index is 9.93. The summed E-state index contributed by atoms with van der Waals surface area (Å²) in [6.07, 6.45) is 10.6. The van der Waals surface area contributed by atoms with Crippen molar-refractivity contribution in [2.75, 3.05) is 20.2 Å². The van der Waals surface area contributed by atoms with E-state index in [9.17, 15) is 5.11 Å². The molecular formula is C19H31NO2. The maximum atomic E-state index is 9.93. The van der Waals surface area contributed by atoms with E-state index in [0.717, 1.165) is 19.5 Å². The lowest BCUT2D eigenvalue weighted by atomic mass is 9.98. The highest BCUT2D eigenvalue weighted by Crippen LogP contribution is 2.32. The molecule has 1 N–H and O–H groups in total. The van der Waals surface area contributed by atoms with Crippen molar-refractivity contribution < 1.29 is 9.84 Å². The first-order chi connectivity index (χ1) is 10.7. The minimum Gasteiger partial charge on any atom is -0.504 e. The van der Waals surface area contributed by atoms with E-state index in [4.69, 9.17) is 4.74 Å². The highest BCUT2D eigenvalue weighted by molar-refractivity contribution is 5.47. The largest absolute Gasteiger partial charge is 0.504 e. The van der Waals surface area contributed by atoms with Gasteiger partial charge >= 0.3 is 0 Å². The second-order valence-corrected chi connectivity index (χ2v) is 6.44. The van der Waals surface area contributed by atoms with Gasteiger partial charge in [-0.2, -0.15) is 0 Å². The second kappa shape index (κ2) is 9.04. The molecule has 1 aliphatic rings. The highest BCUT2D eigenvalue weighted by Gasteiger charge is 2.18. The van der Waals surface area contributed by atoms with E-state index in [-0.39, 0.29) is 5.75 Å². The lowest BCUT2D eigenvalue weighted by molar-refractivity contribution is 0.246. The number of benzene rings is 1. The zero-order valence-corrected chi connectivity index (χ0v) is 14.2. The Morgan fingerprint density at radius 3 is 2.50 bits per heavy atom. The first kappa shape index (κ1) is 17.1. The number of aromatic hydroxyl groups is 1. The molecule has 0 unspecified atom stereocenters. The zero-order chi connectivity index (χ0) is 15.8. The highest BCUT2D eigenvalue weighted by atomic mass is 16.5. The van der Waals surface area contributed by atoms with Crippen LogP contribution < -0.4 is 4.74 Å². The molecule has 1 heterocycles. The predicted molar refractivity (Wildman–Crippen MR) is 91.6 cm³/mol. The fraction of sp³-hybridized carbons (Fsp3) is 0.684. The quantitative estimate of drug-likeness (QED) is 0.681. The van der Waals surface area contributed by atoms with Crippen LogP contribution in [-0.4, -0.2) is 30.2 Å². The maximum Gasteiger partial charge on any atom is 0.160 e. The Morgan fingerprint density at radius 2 is 1.77 bits per heavy atom. The van der Waals surface area contributed by atoms with Crippen LogP contribution in [0.3, 0.4) is 0 Å². The predicted octanol–water partition coefficient (Wildman–Crippen LogP) is 4.51. The van der Waals surface area contributed by atoms with Gasteiger partial charge in [-0.15, -0.1) is 0 Å². The number of unbranched alkanes of at least 4 members (excludes halogenated alkanes) is 6. The first-order valence-corrected chi connectivity index (χ1v) is 8.85. The molecule has 1 aromatic carbocycles. The second-order valence-electron chi connectivity index (χ2n) is 6.44. The fourth-order valence-corrected chi connectivity index (χ4v) is 3.28. The van der Waals surface area contributed by atoms with Crippen molar-refractivity contribution in [3.63, 3.8) is 0 Å². The van der Waals surface area contributed by atoms with Crippen molar-refractivity contribution in [3.8, 4) is 11.5 Å². The number of ether oxygens (including phenoxy) is 1. The lowest BCUT2D eigenvalue weighted by Gasteiger charge is -2.29. The molecule has 0 radical (unpaired) electrons. The van der Waals surface area contributed by atoms with E-state index >= 15 is 0 Å². The van der Waals surface area contributed by atoms with Gasteiger partial charge in [0.2, 0.25) is 0 Å². The summed E-state index contributed by atoms with van der Waals surface area (Å²) in [5.41, 5.74) is 2.58. The summed E-state index contributed by atoms with van der Waals surface area (Å²) in [6.45, 7) is 5.53. The molecule has 0 amide bonds. The number of phenolic OH excluding ortho intramolecular Hbond substituents is 1. The Morgan fingerprint density at radius 1 is 1.05 bits per heavy atom. The van der Waals surface area contributed by atoms with Crippen LogP contribution >= 0.6 is 0 Å². The van der Waals surface area contributed by atoms with Crippen molar-refractivity contribution in [2.24, 2.45) is 0 Å². The van der Waals surface area contributed by atoms with Crippen molar-refractivity contribution in [2.45, 2.75) is 64.8 Å². The van der Waals surface area contributed by atoms with Crippen LogP contribution in [-0.2, 0) is 13.0 Å². The SMILES string of the molecule is CCCCCCCCCN1CCc2cc(OC)c(O)cc2C1. The van der Waals surface area contributed by atoms with Gasteiger partial charge in [0.15, 0.2) is 11.5 Å². The molecule has 1 aliphatic heterocycles. The van der Waals surface area contributed by atoms with Crippen LogP contribution in [0, 0.1) is 0 Å². The number of hydrogen-bond acceptors (Lipinski definition) is 3. The third-order valence-corrected chi connectivity index (χ3v) is 4.67. The van der Waals surface area contributed by atoms with Gasteiger partial charge in [-0.25, -0.2) is 0 Å². The number of nitrogens with zero attached hydrogens (tertiary/aromatic N) is 1. The molecule has 0 bridgehead atoms. The van der Waals surface area contributed by atoms with Crippen LogP contribution in [0.15, 0.2) is 12.1 Å². The Hall–Kier alpha value is -1.22. The summed E-state index contributed by atoms with van der Waals surface area (Å²) in [6, 6.07) is 3.88. The summed E-state index contributed by atoms with van der Waals surface area (Å²) in [5.74, 6) is 0.860. The smallest absolute Gasteiger partial charge is 0.160 e. The zero-order valence-electron chi connectivity index (χ0n) is 14.2. The molecule has 1 aromatic rings. The normalized spacial score (nSPS) is 14.8. The fourth-order valence-electron chi connectivity index (χ4n) is 3.28. The summed E-state index contributed by atoms with van der Waals surface area (Å²) in [4.78, 5) is 2.51. The molecule has 0 atom stereocenters. The molecule has 0 aliphatic carbocycles. The van der Waals surface area contributed by atoms with Gasteiger partial charge in [0.05, 0.1) is 7.11 Å². The topological polar surface area (TPSA) is 32.7 Å². The average Bonchev–Trinajstić information content (AvgIpc) is 2.53. The summed E-state index contributed by atoms with van der Waals surface area (Å²) in [5, 5.41) is 9.93. The van der Waals surface area contributed by atoms with Crippen molar-refractivity contribution >= 4 is 0 Å². The van der Waals surface area contributed by atoms with Crippen molar-refractivity contribution in [3.05, 3.63) is 23.3 Å². The molecule has 0 saturated heterocycles. The minimum atomic E-state index is 0.263. The molecule has 3 nitrogen and oxygen atoms in total.